The lowest BCUT2D eigenvalue weighted by atomic mass is 9.93. The molecule has 3 aliphatic rings. The Labute approximate surface area is 142 Å². The molecule has 1 aromatic rings. The highest BCUT2D eigenvalue weighted by molar-refractivity contribution is 5.96. The number of hydrogen-bond donors (Lipinski definition) is 0. The standard InChI is InChI=1S/C18H23N3O3/c1-19-12-18(24-17(19)23)8-4-9-20(13-18)11-16(22)21-10-7-14-5-2-3-6-15(14)21/h2-3,5-6H,4,7-13H2,1H3/t18-/m1/s1. The van der Waals surface area contributed by atoms with Crippen molar-refractivity contribution in [2.45, 2.75) is 24.9 Å². The molecule has 0 saturated carbocycles. The molecule has 2 saturated heterocycles. The van der Waals surface area contributed by atoms with Crippen LogP contribution in [-0.2, 0) is 16.0 Å². The number of likely N-dealkylation sites (N-methyl/N-ethyl adjacent to an activating group) is 1. The third-order valence-corrected chi connectivity index (χ3v) is 5.31. The molecule has 2 fully saturated rings. The first-order chi connectivity index (χ1) is 11.6. The maximum absolute atomic E-state index is 12.8. The zero-order chi connectivity index (χ0) is 16.7. The van der Waals surface area contributed by atoms with Crippen LogP contribution in [0.4, 0.5) is 10.5 Å². The number of likely N-dealkylation sites (tertiary alicyclic amines) is 1. The van der Waals surface area contributed by atoms with Gasteiger partial charge in [-0.3, -0.25) is 9.69 Å². The highest BCUT2D eigenvalue weighted by atomic mass is 16.6. The molecular weight excluding hydrogens is 306 g/mol. The minimum atomic E-state index is -0.437. The van der Waals surface area contributed by atoms with E-state index in [0.29, 0.717) is 19.6 Å². The smallest absolute Gasteiger partial charge is 0.410 e. The Morgan fingerprint density at radius 2 is 2.08 bits per heavy atom. The Balaban J connectivity index is 1.42. The second-order valence-corrected chi connectivity index (χ2v) is 7.15. The van der Waals surface area contributed by atoms with E-state index in [2.05, 4.69) is 11.0 Å². The summed E-state index contributed by atoms with van der Waals surface area (Å²) in [7, 11) is 1.77. The van der Waals surface area contributed by atoms with E-state index in [9.17, 15) is 9.59 Å². The van der Waals surface area contributed by atoms with Crippen LogP contribution in [0.15, 0.2) is 24.3 Å². The molecule has 0 N–H and O–H groups in total. The number of benzene rings is 1. The van der Waals surface area contributed by atoms with Gasteiger partial charge < -0.3 is 14.5 Å². The van der Waals surface area contributed by atoms with Crippen molar-refractivity contribution in [3.8, 4) is 0 Å². The summed E-state index contributed by atoms with van der Waals surface area (Å²) in [5.74, 6) is 0.134. The van der Waals surface area contributed by atoms with Crippen molar-refractivity contribution in [1.29, 1.82) is 0 Å². The van der Waals surface area contributed by atoms with Crippen molar-refractivity contribution in [1.82, 2.24) is 9.80 Å². The minimum Gasteiger partial charge on any atom is -0.440 e. The number of nitrogens with zero attached hydrogens (tertiary/aromatic N) is 3. The Kier molecular flexibility index (Phi) is 3.72. The molecule has 6 nitrogen and oxygen atoms in total. The van der Waals surface area contributed by atoms with E-state index in [0.717, 1.165) is 38.0 Å². The van der Waals surface area contributed by atoms with Crippen molar-refractivity contribution in [3.05, 3.63) is 29.8 Å². The molecule has 4 rings (SSSR count). The molecule has 128 valence electrons. The second-order valence-electron chi connectivity index (χ2n) is 7.15. The largest absolute Gasteiger partial charge is 0.440 e. The van der Waals surface area contributed by atoms with Crippen LogP contribution in [-0.4, -0.2) is 67.2 Å². The lowest BCUT2D eigenvalue weighted by Crippen LogP contribution is -2.53. The van der Waals surface area contributed by atoms with Crippen LogP contribution >= 0.6 is 0 Å². The molecule has 0 bridgehead atoms. The second kappa shape index (κ2) is 5.77. The van der Waals surface area contributed by atoms with E-state index in [-0.39, 0.29) is 12.0 Å². The molecule has 24 heavy (non-hydrogen) atoms. The van der Waals surface area contributed by atoms with Gasteiger partial charge in [-0.2, -0.15) is 0 Å². The molecule has 6 heteroatoms. The van der Waals surface area contributed by atoms with Crippen LogP contribution in [0.25, 0.3) is 0 Å². The molecule has 2 amide bonds. The Morgan fingerprint density at radius 3 is 2.88 bits per heavy atom. The SMILES string of the molecule is CN1C[C@@]2(CCCN(CC(=O)N3CCc4ccccc43)C2)OC1=O. The summed E-state index contributed by atoms with van der Waals surface area (Å²) in [5, 5.41) is 0. The molecule has 3 heterocycles. The van der Waals surface area contributed by atoms with Crippen molar-refractivity contribution in [2.75, 3.05) is 44.7 Å². The number of piperidine rings is 1. The molecule has 1 atom stereocenters. The van der Waals surface area contributed by atoms with Crippen LogP contribution in [0, 0.1) is 0 Å². The van der Waals surface area contributed by atoms with Gasteiger partial charge in [-0.05, 0) is 37.4 Å². The van der Waals surface area contributed by atoms with Gasteiger partial charge in [0.1, 0.15) is 5.60 Å². The van der Waals surface area contributed by atoms with E-state index in [1.54, 1.807) is 11.9 Å². The third-order valence-electron chi connectivity index (χ3n) is 5.31. The van der Waals surface area contributed by atoms with E-state index in [4.69, 9.17) is 4.74 Å². The lowest BCUT2D eigenvalue weighted by Gasteiger charge is -2.38. The van der Waals surface area contributed by atoms with Crippen molar-refractivity contribution >= 4 is 17.7 Å². The average Bonchev–Trinajstić information content (AvgIpc) is 3.09. The number of anilines is 1. The minimum absolute atomic E-state index is 0.134. The maximum Gasteiger partial charge on any atom is 0.410 e. The highest BCUT2D eigenvalue weighted by Crippen LogP contribution is 2.32. The molecule has 0 unspecified atom stereocenters. The number of carbonyl (C=O) groups excluding carboxylic acids is 2. The summed E-state index contributed by atoms with van der Waals surface area (Å²) in [6.07, 6.45) is 2.50. The van der Waals surface area contributed by atoms with Crippen LogP contribution in [0.5, 0.6) is 0 Å². The molecule has 0 radical (unpaired) electrons. The average molecular weight is 329 g/mol. The van der Waals surface area contributed by atoms with Gasteiger partial charge in [0.15, 0.2) is 0 Å². The first kappa shape index (κ1) is 15.4. The maximum atomic E-state index is 12.8. The van der Waals surface area contributed by atoms with Crippen molar-refractivity contribution < 1.29 is 14.3 Å². The summed E-state index contributed by atoms with van der Waals surface area (Å²) >= 11 is 0. The molecule has 0 aromatic heterocycles. The van der Waals surface area contributed by atoms with Crippen LogP contribution < -0.4 is 4.90 Å². The van der Waals surface area contributed by atoms with Crippen molar-refractivity contribution in [2.24, 2.45) is 0 Å². The van der Waals surface area contributed by atoms with Gasteiger partial charge in [0.05, 0.1) is 13.1 Å². The number of carbonyl (C=O) groups is 2. The monoisotopic (exact) mass is 329 g/mol. The summed E-state index contributed by atoms with van der Waals surface area (Å²) in [4.78, 5) is 30.2. The van der Waals surface area contributed by atoms with Crippen LogP contribution in [0.2, 0.25) is 0 Å². The number of para-hydroxylation sites is 1. The Morgan fingerprint density at radius 1 is 1.25 bits per heavy atom. The van der Waals surface area contributed by atoms with Gasteiger partial charge in [-0.1, -0.05) is 18.2 Å². The van der Waals surface area contributed by atoms with Gasteiger partial charge in [0.25, 0.3) is 0 Å². The van der Waals surface area contributed by atoms with Gasteiger partial charge >= 0.3 is 6.09 Å². The van der Waals surface area contributed by atoms with Crippen molar-refractivity contribution in [3.63, 3.8) is 0 Å². The number of ether oxygens (including phenoxy) is 1. The highest BCUT2D eigenvalue weighted by Gasteiger charge is 2.46. The number of fused-ring (bicyclic) bond motifs is 1. The van der Waals surface area contributed by atoms with E-state index in [1.165, 1.54) is 5.56 Å². The van der Waals surface area contributed by atoms with Crippen LogP contribution in [0.1, 0.15) is 18.4 Å². The number of rotatable bonds is 2. The topological polar surface area (TPSA) is 53.1 Å². The Bertz CT molecular complexity index is 677. The van der Waals surface area contributed by atoms with E-state index in [1.807, 2.05) is 23.1 Å². The van der Waals surface area contributed by atoms with Gasteiger partial charge in [-0.25, -0.2) is 4.79 Å². The van der Waals surface area contributed by atoms with Crippen LogP contribution in [0.3, 0.4) is 0 Å². The molecule has 0 aliphatic carbocycles. The van der Waals surface area contributed by atoms with Gasteiger partial charge in [-0.15, -0.1) is 0 Å². The van der Waals surface area contributed by atoms with Gasteiger partial charge in [0.2, 0.25) is 5.91 Å². The fourth-order valence-corrected chi connectivity index (χ4v) is 4.20. The predicted octanol–water partition coefficient (Wildman–Crippen LogP) is 1.49. The summed E-state index contributed by atoms with van der Waals surface area (Å²) in [5.41, 5.74) is 1.85. The number of amides is 2. The first-order valence-corrected chi connectivity index (χ1v) is 8.61. The van der Waals surface area contributed by atoms with E-state index >= 15 is 0 Å². The molecule has 3 aliphatic heterocycles. The quantitative estimate of drug-likeness (QED) is 0.825. The predicted molar refractivity (Wildman–Crippen MR) is 90.0 cm³/mol. The first-order valence-electron chi connectivity index (χ1n) is 8.61. The third kappa shape index (κ3) is 2.65. The summed E-state index contributed by atoms with van der Waals surface area (Å²) in [6, 6.07) is 8.11. The Hall–Kier alpha value is -2.08. The number of hydrogen-bond acceptors (Lipinski definition) is 4. The lowest BCUT2D eigenvalue weighted by molar-refractivity contribution is -0.121. The fraction of sp³-hybridized carbons (Fsp3) is 0.556. The zero-order valence-electron chi connectivity index (χ0n) is 14.0. The van der Waals surface area contributed by atoms with E-state index < -0.39 is 5.60 Å². The summed E-state index contributed by atoms with van der Waals surface area (Å²) < 4.78 is 5.62. The normalized spacial score (nSPS) is 26.8. The zero-order valence-corrected chi connectivity index (χ0v) is 14.0. The molecule has 1 aromatic carbocycles. The van der Waals surface area contributed by atoms with Gasteiger partial charge in [0, 0.05) is 25.8 Å². The molecular formula is C18H23N3O3. The fourth-order valence-electron chi connectivity index (χ4n) is 4.20. The summed E-state index contributed by atoms with van der Waals surface area (Å²) in [6.45, 7) is 3.28. The molecule has 1 spiro atoms.